The van der Waals surface area contributed by atoms with Gasteiger partial charge in [0.25, 0.3) is 0 Å². The molecule has 0 fully saturated rings. The highest BCUT2D eigenvalue weighted by Gasteiger charge is 2.04. The zero-order chi connectivity index (χ0) is 12.8. The van der Waals surface area contributed by atoms with Crippen LogP contribution in [0.25, 0.3) is 0 Å². The fourth-order valence-corrected chi connectivity index (χ4v) is 1.69. The summed E-state index contributed by atoms with van der Waals surface area (Å²) in [7, 11) is 0. The summed E-state index contributed by atoms with van der Waals surface area (Å²) in [6.07, 6.45) is 3.11. The highest BCUT2D eigenvalue weighted by molar-refractivity contribution is 6.04. The van der Waals surface area contributed by atoms with Gasteiger partial charge in [-0.15, -0.1) is 0 Å². The van der Waals surface area contributed by atoms with E-state index >= 15 is 0 Å². The van der Waals surface area contributed by atoms with Crippen LogP contribution in [0.1, 0.15) is 50.3 Å². The molecule has 2 heteroatoms. The molecule has 0 radical (unpaired) electrons. The fraction of sp³-hybridized carbons (Fsp3) is 0.467. The van der Waals surface area contributed by atoms with Crippen molar-refractivity contribution < 1.29 is 0 Å². The maximum Gasteiger partial charge on any atom is 0.151 e. The first-order valence-corrected chi connectivity index (χ1v) is 6.31. The summed E-state index contributed by atoms with van der Waals surface area (Å²) in [5.74, 6) is 0.377. The number of hydrogen-bond donors (Lipinski definition) is 1. The van der Waals surface area contributed by atoms with Crippen molar-refractivity contribution in [3.63, 3.8) is 0 Å². The lowest BCUT2D eigenvalue weighted by Gasteiger charge is -2.07. The predicted molar refractivity (Wildman–Crippen MR) is 75.4 cm³/mol. The van der Waals surface area contributed by atoms with Gasteiger partial charge in [0, 0.05) is 11.3 Å². The van der Waals surface area contributed by atoms with Gasteiger partial charge >= 0.3 is 0 Å². The normalized spacial score (nSPS) is 11.6. The van der Waals surface area contributed by atoms with E-state index in [0.717, 1.165) is 30.5 Å². The highest BCUT2D eigenvalue weighted by Crippen LogP contribution is 2.14. The first kappa shape index (κ1) is 13.6. The zero-order valence-electron chi connectivity index (χ0n) is 11.3. The van der Waals surface area contributed by atoms with Gasteiger partial charge in [0.2, 0.25) is 0 Å². The van der Waals surface area contributed by atoms with Crippen molar-refractivity contribution in [1.82, 2.24) is 0 Å². The van der Waals surface area contributed by atoms with Crippen LogP contribution >= 0.6 is 0 Å². The molecule has 0 atom stereocenters. The SMILES string of the molecule is CCCc1cc(C(=N)/N=C(\C)CC)ccc1C. The van der Waals surface area contributed by atoms with Crippen LogP contribution in [0.3, 0.4) is 0 Å². The molecule has 17 heavy (non-hydrogen) atoms. The molecule has 0 saturated carbocycles. The molecule has 0 bridgehead atoms. The van der Waals surface area contributed by atoms with Crippen LogP contribution < -0.4 is 0 Å². The van der Waals surface area contributed by atoms with E-state index in [1.165, 1.54) is 11.1 Å². The van der Waals surface area contributed by atoms with E-state index in [4.69, 9.17) is 5.41 Å². The molecule has 2 nitrogen and oxygen atoms in total. The third-order valence-electron chi connectivity index (χ3n) is 2.96. The Hall–Kier alpha value is -1.44. The van der Waals surface area contributed by atoms with Crippen LogP contribution in [-0.4, -0.2) is 11.5 Å². The highest BCUT2D eigenvalue weighted by atomic mass is 14.8. The standard InChI is InChI=1S/C15H22N2/c1-5-7-13-10-14(9-8-11(13)3)15(16)17-12(4)6-2/h8-10,16H,5-7H2,1-4H3/b16-15?,17-12+. The fourth-order valence-electron chi connectivity index (χ4n) is 1.69. The molecule has 1 N–H and O–H groups in total. The molecule has 1 rings (SSSR count). The molecule has 0 aliphatic heterocycles. The molecule has 0 saturated heterocycles. The maximum atomic E-state index is 7.98. The van der Waals surface area contributed by atoms with Crippen LogP contribution in [0.2, 0.25) is 0 Å². The Morgan fingerprint density at radius 1 is 1.29 bits per heavy atom. The summed E-state index contributed by atoms with van der Waals surface area (Å²) < 4.78 is 0. The van der Waals surface area contributed by atoms with Crippen molar-refractivity contribution in [2.45, 2.75) is 47.0 Å². The number of aryl methyl sites for hydroxylation is 2. The summed E-state index contributed by atoms with van der Waals surface area (Å²) in [4.78, 5) is 4.30. The molecule has 0 aliphatic carbocycles. The molecular weight excluding hydrogens is 208 g/mol. The van der Waals surface area contributed by atoms with E-state index in [1.54, 1.807) is 0 Å². The number of amidine groups is 1. The largest absolute Gasteiger partial charge is 0.282 e. The second kappa shape index (κ2) is 6.33. The van der Waals surface area contributed by atoms with Crippen molar-refractivity contribution in [2.24, 2.45) is 4.99 Å². The number of nitrogens with zero attached hydrogens (tertiary/aromatic N) is 1. The van der Waals surface area contributed by atoms with Crippen LogP contribution in [0.4, 0.5) is 0 Å². The van der Waals surface area contributed by atoms with Gasteiger partial charge in [-0.2, -0.15) is 0 Å². The van der Waals surface area contributed by atoms with Gasteiger partial charge < -0.3 is 0 Å². The van der Waals surface area contributed by atoms with E-state index in [9.17, 15) is 0 Å². The lowest BCUT2D eigenvalue weighted by Crippen LogP contribution is -2.01. The zero-order valence-corrected chi connectivity index (χ0v) is 11.3. The molecule has 0 amide bonds. The van der Waals surface area contributed by atoms with Gasteiger partial charge in [-0.25, -0.2) is 4.99 Å². The van der Waals surface area contributed by atoms with Crippen LogP contribution in [0.5, 0.6) is 0 Å². The number of benzene rings is 1. The predicted octanol–water partition coefficient (Wildman–Crippen LogP) is 4.14. The Bertz CT molecular complexity index is 431. The quantitative estimate of drug-likeness (QED) is 0.596. The van der Waals surface area contributed by atoms with Crippen molar-refractivity contribution >= 4 is 11.5 Å². The lowest BCUT2D eigenvalue weighted by molar-refractivity contribution is 0.912. The van der Waals surface area contributed by atoms with Gasteiger partial charge in [0.05, 0.1) is 0 Å². The van der Waals surface area contributed by atoms with E-state index in [2.05, 4.69) is 37.9 Å². The Kier molecular flexibility index (Phi) is 5.08. The maximum absolute atomic E-state index is 7.98. The number of hydrogen-bond acceptors (Lipinski definition) is 1. The minimum atomic E-state index is 0.377. The summed E-state index contributed by atoms with van der Waals surface area (Å²) in [6.45, 7) is 8.33. The topological polar surface area (TPSA) is 36.2 Å². The smallest absolute Gasteiger partial charge is 0.151 e. The Morgan fingerprint density at radius 3 is 2.59 bits per heavy atom. The molecule has 92 valence electrons. The minimum absolute atomic E-state index is 0.377. The number of rotatable bonds is 4. The van der Waals surface area contributed by atoms with E-state index in [-0.39, 0.29) is 0 Å². The minimum Gasteiger partial charge on any atom is -0.282 e. The Balaban J connectivity index is 2.99. The first-order valence-electron chi connectivity index (χ1n) is 6.31. The molecule has 0 spiro atoms. The lowest BCUT2D eigenvalue weighted by atomic mass is 10.0. The third kappa shape index (κ3) is 3.81. The van der Waals surface area contributed by atoms with Crippen LogP contribution in [0.15, 0.2) is 23.2 Å². The molecule has 1 aromatic rings. The molecule has 0 aliphatic rings. The molecular formula is C15H22N2. The van der Waals surface area contributed by atoms with Crippen molar-refractivity contribution in [2.75, 3.05) is 0 Å². The second-order valence-electron chi connectivity index (χ2n) is 4.44. The van der Waals surface area contributed by atoms with Crippen LogP contribution in [0, 0.1) is 12.3 Å². The van der Waals surface area contributed by atoms with Gasteiger partial charge in [-0.05, 0) is 43.9 Å². The number of nitrogens with one attached hydrogen (secondary N) is 1. The van der Waals surface area contributed by atoms with Crippen LogP contribution in [-0.2, 0) is 6.42 Å². The van der Waals surface area contributed by atoms with Gasteiger partial charge in [-0.3, -0.25) is 5.41 Å². The summed E-state index contributed by atoms with van der Waals surface area (Å²) in [5.41, 5.74) is 4.57. The average molecular weight is 230 g/mol. The molecule has 0 unspecified atom stereocenters. The van der Waals surface area contributed by atoms with Gasteiger partial charge in [0.15, 0.2) is 5.84 Å². The Labute approximate surface area is 104 Å². The summed E-state index contributed by atoms with van der Waals surface area (Å²) in [6, 6.07) is 6.18. The average Bonchev–Trinajstić information content (AvgIpc) is 2.32. The first-order chi connectivity index (χ1) is 8.08. The third-order valence-corrected chi connectivity index (χ3v) is 2.96. The second-order valence-corrected chi connectivity index (χ2v) is 4.44. The van der Waals surface area contributed by atoms with Gasteiger partial charge in [0.1, 0.15) is 0 Å². The summed E-state index contributed by atoms with van der Waals surface area (Å²) in [5, 5.41) is 7.98. The van der Waals surface area contributed by atoms with Gasteiger partial charge in [-0.1, -0.05) is 32.4 Å². The molecule has 0 heterocycles. The summed E-state index contributed by atoms with van der Waals surface area (Å²) >= 11 is 0. The van der Waals surface area contributed by atoms with Crippen molar-refractivity contribution in [3.8, 4) is 0 Å². The number of aliphatic imine (C=N–C) groups is 1. The van der Waals surface area contributed by atoms with E-state index < -0.39 is 0 Å². The van der Waals surface area contributed by atoms with Crippen molar-refractivity contribution in [3.05, 3.63) is 34.9 Å². The molecule has 0 aromatic heterocycles. The van der Waals surface area contributed by atoms with E-state index in [0.29, 0.717) is 5.84 Å². The Morgan fingerprint density at radius 2 is 2.00 bits per heavy atom. The monoisotopic (exact) mass is 230 g/mol. The van der Waals surface area contributed by atoms with E-state index in [1.807, 2.05) is 13.0 Å². The van der Waals surface area contributed by atoms with Crippen molar-refractivity contribution in [1.29, 1.82) is 5.41 Å². The molecule has 1 aromatic carbocycles.